The number of carbonyl (C=O) groups is 2. The minimum absolute atomic E-state index is 0.113. The molecule has 5 aliphatic rings. The van der Waals surface area contributed by atoms with Gasteiger partial charge in [-0.3, -0.25) is 9.59 Å². The van der Waals surface area contributed by atoms with Crippen LogP contribution in [0.5, 0.6) is 0 Å². The van der Waals surface area contributed by atoms with Gasteiger partial charge in [0, 0.05) is 40.5 Å². The maximum absolute atomic E-state index is 13.6. The van der Waals surface area contributed by atoms with Crippen LogP contribution in [0, 0.1) is 11.8 Å². The van der Waals surface area contributed by atoms with E-state index in [9.17, 15) is 9.59 Å². The quantitative estimate of drug-likeness (QED) is 0.577. The average Bonchev–Trinajstić information content (AvgIpc) is 3.70. The first kappa shape index (κ1) is 22.7. The zero-order valence-corrected chi connectivity index (χ0v) is 20.9. The molecule has 4 bridgehead atoms. The number of hydrogen-bond acceptors (Lipinski definition) is 3. The summed E-state index contributed by atoms with van der Waals surface area (Å²) in [6, 6.07) is 12.0. The van der Waals surface area contributed by atoms with Gasteiger partial charge in [-0.15, -0.1) is 0 Å². The standard InChI is InChI=1S/C26H26Cl3N3O2/c27-16-3-1-15(2-4-16)11-22(23(33)31-26-14-32-10-7-18(26)20(26)13-32)30-24(34)25(8-9-25)19-6-5-17(28)12-21(19)29/h1-6,12,18,20,22H,7-11,13-14H2,(H,30,34)(H,31,33). The van der Waals surface area contributed by atoms with Crippen LogP contribution >= 0.6 is 34.8 Å². The third kappa shape index (κ3) is 3.72. The van der Waals surface area contributed by atoms with Crippen molar-refractivity contribution in [3.63, 3.8) is 0 Å². The number of carbonyl (C=O) groups excluding carboxylic acids is 2. The molecule has 2 N–H and O–H groups in total. The van der Waals surface area contributed by atoms with Gasteiger partial charge in [0.05, 0.1) is 11.0 Å². The van der Waals surface area contributed by atoms with E-state index < -0.39 is 11.5 Å². The summed E-state index contributed by atoms with van der Waals surface area (Å²) in [6.07, 6.45) is 2.92. The number of nitrogens with one attached hydrogen (secondary N) is 2. The van der Waals surface area contributed by atoms with Crippen molar-refractivity contribution < 1.29 is 9.59 Å². The Bertz CT molecular complexity index is 1160. The number of rotatable bonds is 7. The predicted octanol–water partition coefficient (Wildman–Crippen LogP) is 4.23. The highest BCUT2D eigenvalue weighted by atomic mass is 35.5. The molecule has 3 heterocycles. The fraction of sp³-hybridized carbons (Fsp3) is 0.462. The SMILES string of the molecule is O=C(NC12CN3CCC1C2C3)C(Cc1ccc(Cl)cc1)NC(=O)C1(c2ccc(Cl)cc2Cl)CC1. The summed E-state index contributed by atoms with van der Waals surface area (Å²) in [5.74, 6) is 0.834. The van der Waals surface area contributed by atoms with E-state index >= 15 is 0 Å². The van der Waals surface area contributed by atoms with Crippen molar-refractivity contribution in [2.75, 3.05) is 19.6 Å². The molecular formula is C26H26Cl3N3O2. The summed E-state index contributed by atoms with van der Waals surface area (Å²) in [5.41, 5.74) is 0.887. The average molecular weight is 519 g/mol. The molecule has 34 heavy (non-hydrogen) atoms. The predicted molar refractivity (Wildman–Crippen MR) is 133 cm³/mol. The lowest BCUT2D eigenvalue weighted by atomic mass is 9.93. The molecule has 2 saturated carbocycles. The molecule has 178 valence electrons. The summed E-state index contributed by atoms with van der Waals surface area (Å²) in [4.78, 5) is 29.6. The Hall–Kier alpha value is -1.79. The molecule has 3 aliphatic heterocycles. The number of benzene rings is 2. The molecule has 8 heteroatoms. The van der Waals surface area contributed by atoms with Crippen LogP contribution in [0.25, 0.3) is 0 Å². The van der Waals surface area contributed by atoms with Crippen LogP contribution in [0.1, 0.15) is 30.4 Å². The topological polar surface area (TPSA) is 61.4 Å². The van der Waals surface area contributed by atoms with Crippen LogP contribution in [0.15, 0.2) is 42.5 Å². The van der Waals surface area contributed by atoms with Crippen LogP contribution in [0.4, 0.5) is 0 Å². The van der Waals surface area contributed by atoms with E-state index in [1.165, 1.54) is 0 Å². The normalized spacial score (nSPS) is 30.4. The molecule has 0 spiro atoms. The third-order valence-electron chi connectivity index (χ3n) is 8.36. The van der Waals surface area contributed by atoms with Gasteiger partial charge in [0.25, 0.3) is 0 Å². The van der Waals surface area contributed by atoms with E-state index in [0.717, 1.165) is 37.2 Å². The van der Waals surface area contributed by atoms with E-state index in [1.54, 1.807) is 12.1 Å². The van der Waals surface area contributed by atoms with Crippen molar-refractivity contribution in [3.8, 4) is 0 Å². The van der Waals surface area contributed by atoms with Gasteiger partial charge < -0.3 is 15.5 Å². The summed E-state index contributed by atoms with van der Waals surface area (Å²) >= 11 is 18.6. The summed E-state index contributed by atoms with van der Waals surface area (Å²) in [7, 11) is 0. The maximum atomic E-state index is 13.6. The molecule has 5 fully saturated rings. The summed E-state index contributed by atoms with van der Waals surface area (Å²) in [5, 5.41) is 8.10. The molecule has 5 atom stereocenters. The second-order valence-electron chi connectivity index (χ2n) is 10.3. The lowest BCUT2D eigenvalue weighted by molar-refractivity contribution is -0.131. The Labute approximate surface area is 214 Å². The zero-order chi connectivity index (χ0) is 23.7. The van der Waals surface area contributed by atoms with Crippen molar-refractivity contribution in [3.05, 3.63) is 68.7 Å². The van der Waals surface area contributed by atoms with E-state index in [-0.39, 0.29) is 17.4 Å². The van der Waals surface area contributed by atoms with E-state index in [4.69, 9.17) is 34.8 Å². The second-order valence-corrected chi connectivity index (χ2v) is 11.6. The Morgan fingerprint density at radius 2 is 1.76 bits per heavy atom. The largest absolute Gasteiger partial charge is 0.347 e. The Morgan fingerprint density at radius 3 is 2.35 bits per heavy atom. The number of fused-ring (bicyclic) bond motifs is 1. The Kier molecular flexibility index (Phi) is 5.41. The number of amides is 2. The van der Waals surface area contributed by atoms with E-state index in [1.807, 2.05) is 30.3 Å². The minimum atomic E-state index is -0.710. The molecule has 5 unspecified atom stereocenters. The third-order valence-corrected chi connectivity index (χ3v) is 9.16. The number of piperidine rings is 3. The van der Waals surface area contributed by atoms with Crippen molar-refractivity contribution in [2.45, 2.75) is 42.7 Å². The van der Waals surface area contributed by atoms with Crippen molar-refractivity contribution in [1.82, 2.24) is 15.5 Å². The molecule has 2 amide bonds. The van der Waals surface area contributed by atoms with E-state index in [2.05, 4.69) is 15.5 Å². The highest BCUT2D eigenvalue weighted by Crippen LogP contribution is 2.60. The lowest BCUT2D eigenvalue weighted by Crippen LogP contribution is -2.56. The van der Waals surface area contributed by atoms with Gasteiger partial charge in [-0.25, -0.2) is 0 Å². The molecule has 2 aliphatic carbocycles. The number of nitrogens with zero attached hydrogens (tertiary/aromatic N) is 1. The first-order valence-corrected chi connectivity index (χ1v) is 13.0. The molecule has 7 rings (SSSR count). The van der Waals surface area contributed by atoms with Crippen LogP contribution in [0.3, 0.4) is 0 Å². The fourth-order valence-electron chi connectivity index (χ4n) is 6.32. The van der Waals surface area contributed by atoms with Gasteiger partial charge in [-0.05, 0) is 67.1 Å². The van der Waals surface area contributed by atoms with Crippen molar-refractivity contribution in [2.24, 2.45) is 11.8 Å². The molecule has 0 radical (unpaired) electrons. The van der Waals surface area contributed by atoms with Gasteiger partial charge in [0.1, 0.15) is 6.04 Å². The summed E-state index contributed by atoms with van der Waals surface area (Å²) in [6.45, 7) is 3.10. The number of halogens is 3. The van der Waals surface area contributed by atoms with Gasteiger partial charge in [-0.2, -0.15) is 0 Å². The second kappa shape index (κ2) is 8.12. The molecule has 3 saturated heterocycles. The monoisotopic (exact) mass is 517 g/mol. The molecule has 2 aromatic carbocycles. The van der Waals surface area contributed by atoms with Crippen molar-refractivity contribution in [1.29, 1.82) is 0 Å². The first-order valence-electron chi connectivity index (χ1n) is 11.9. The van der Waals surface area contributed by atoms with Crippen LogP contribution in [0.2, 0.25) is 15.1 Å². The zero-order valence-electron chi connectivity index (χ0n) is 18.6. The Morgan fingerprint density at radius 1 is 1.03 bits per heavy atom. The Balaban J connectivity index is 1.23. The smallest absolute Gasteiger partial charge is 0.243 e. The van der Waals surface area contributed by atoms with Gasteiger partial charge in [-0.1, -0.05) is 53.0 Å². The maximum Gasteiger partial charge on any atom is 0.243 e. The van der Waals surface area contributed by atoms with Gasteiger partial charge in [0.2, 0.25) is 11.8 Å². The fourth-order valence-corrected chi connectivity index (χ4v) is 7.03. The van der Waals surface area contributed by atoms with Crippen molar-refractivity contribution >= 4 is 46.6 Å². The highest BCUT2D eigenvalue weighted by Gasteiger charge is 2.71. The summed E-state index contributed by atoms with van der Waals surface area (Å²) < 4.78 is 0. The van der Waals surface area contributed by atoms with Crippen LogP contribution in [-0.2, 0) is 21.4 Å². The minimum Gasteiger partial charge on any atom is -0.347 e. The molecular weight excluding hydrogens is 493 g/mol. The molecule has 0 aromatic heterocycles. The van der Waals surface area contributed by atoms with Gasteiger partial charge >= 0.3 is 0 Å². The molecule has 2 aromatic rings. The molecule has 5 nitrogen and oxygen atoms in total. The number of hydrogen-bond donors (Lipinski definition) is 2. The van der Waals surface area contributed by atoms with E-state index in [0.29, 0.717) is 46.2 Å². The van der Waals surface area contributed by atoms with Gasteiger partial charge in [0.15, 0.2) is 0 Å². The van der Waals surface area contributed by atoms with Crippen LogP contribution < -0.4 is 10.6 Å². The lowest BCUT2D eigenvalue weighted by Gasteiger charge is -2.31. The highest BCUT2D eigenvalue weighted by molar-refractivity contribution is 6.35. The first-order chi connectivity index (χ1) is 16.3. The van der Waals surface area contributed by atoms with Crippen LogP contribution in [-0.4, -0.2) is 47.9 Å².